The van der Waals surface area contributed by atoms with Gasteiger partial charge in [-0.15, -0.1) is 0 Å². The molecule has 0 aromatic heterocycles. The summed E-state index contributed by atoms with van der Waals surface area (Å²) >= 11 is 0. The quantitative estimate of drug-likeness (QED) is 0.624. The molecule has 0 aromatic carbocycles. The van der Waals surface area contributed by atoms with E-state index < -0.39 is 5.60 Å². The van der Waals surface area contributed by atoms with Crippen LogP contribution >= 0.6 is 0 Å². The first kappa shape index (κ1) is 9.92. The van der Waals surface area contributed by atoms with Crippen molar-refractivity contribution in [2.75, 3.05) is 6.61 Å². The van der Waals surface area contributed by atoms with Crippen LogP contribution in [0.15, 0.2) is 0 Å². The molecule has 0 bridgehead atoms. The van der Waals surface area contributed by atoms with Gasteiger partial charge in [0.2, 0.25) is 0 Å². The van der Waals surface area contributed by atoms with Gasteiger partial charge in [0.1, 0.15) is 0 Å². The third-order valence-electron chi connectivity index (χ3n) is 2.30. The molecule has 0 unspecified atom stereocenters. The zero-order valence-corrected chi connectivity index (χ0v) is 7.26. The Balaban J connectivity index is 4.03. The van der Waals surface area contributed by atoms with E-state index in [-0.39, 0.29) is 12.5 Å². The Kier molecular flexibility index (Phi) is 3.33. The minimum absolute atomic E-state index is 0.137. The highest BCUT2D eigenvalue weighted by Crippen LogP contribution is 2.23. The summed E-state index contributed by atoms with van der Waals surface area (Å²) in [6.45, 7) is 7.52. The van der Waals surface area contributed by atoms with Crippen molar-refractivity contribution in [1.29, 1.82) is 0 Å². The first-order valence-corrected chi connectivity index (χ1v) is 3.75. The van der Waals surface area contributed by atoms with Gasteiger partial charge in [0.05, 0.1) is 12.2 Å². The van der Waals surface area contributed by atoms with Crippen LogP contribution < -0.4 is 0 Å². The Morgan fingerprint density at radius 3 is 1.80 bits per heavy atom. The van der Waals surface area contributed by atoms with E-state index >= 15 is 0 Å². The molecule has 0 aliphatic heterocycles. The van der Waals surface area contributed by atoms with Crippen molar-refractivity contribution in [2.24, 2.45) is 11.8 Å². The lowest BCUT2D eigenvalue weighted by molar-refractivity contribution is -0.0548. The predicted octanol–water partition coefficient (Wildman–Crippen LogP) is 1.02. The largest absolute Gasteiger partial charge is 0.393 e. The van der Waals surface area contributed by atoms with Crippen molar-refractivity contribution in [1.82, 2.24) is 0 Å². The van der Waals surface area contributed by atoms with Gasteiger partial charge in [-0.2, -0.15) is 0 Å². The molecule has 0 aliphatic carbocycles. The van der Waals surface area contributed by atoms with E-state index in [0.717, 1.165) is 0 Å². The number of hydrogen-bond donors (Lipinski definition) is 2. The number of aliphatic hydroxyl groups excluding tert-OH is 1. The average molecular weight is 146 g/mol. The molecule has 0 spiro atoms. The smallest absolute Gasteiger partial charge is 0.0877 e. The van der Waals surface area contributed by atoms with Crippen molar-refractivity contribution in [3.05, 3.63) is 0 Å². The summed E-state index contributed by atoms with van der Waals surface area (Å²) in [5.74, 6) is 0.541. The van der Waals surface area contributed by atoms with Crippen LogP contribution in [0.1, 0.15) is 27.7 Å². The maximum Gasteiger partial charge on any atom is 0.0877 e. The van der Waals surface area contributed by atoms with E-state index in [0.29, 0.717) is 5.92 Å². The standard InChI is InChI=1S/C8H18O2/c1-6(2)7(3)8(4,10)5-9/h6-7,9-10H,5H2,1-4H3/t7-,8+/m1/s1. The lowest BCUT2D eigenvalue weighted by atomic mass is 9.83. The molecule has 2 heteroatoms. The van der Waals surface area contributed by atoms with Gasteiger partial charge in [-0.3, -0.25) is 0 Å². The van der Waals surface area contributed by atoms with Gasteiger partial charge in [0.25, 0.3) is 0 Å². The molecule has 2 N–H and O–H groups in total. The van der Waals surface area contributed by atoms with Gasteiger partial charge in [-0.25, -0.2) is 0 Å². The van der Waals surface area contributed by atoms with Crippen LogP contribution in [-0.4, -0.2) is 22.4 Å². The van der Waals surface area contributed by atoms with Crippen LogP contribution in [-0.2, 0) is 0 Å². The second-order valence-corrected chi connectivity index (χ2v) is 3.55. The molecule has 0 saturated carbocycles. The van der Waals surface area contributed by atoms with Crippen LogP contribution in [0.4, 0.5) is 0 Å². The van der Waals surface area contributed by atoms with E-state index in [9.17, 15) is 5.11 Å². The highest BCUT2D eigenvalue weighted by Gasteiger charge is 2.29. The fraction of sp³-hybridized carbons (Fsp3) is 1.00. The first-order valence-electron chi connectivity index (χ1n) is 3.75. The van der Waals surface area contributed by atoms with E-state index in [2.05, 4.69) is 0 Å². The Hall–Kier alpha value is -0.0800. The SMILES string of the molecule is CC(C)[C@@H](C)[C@@](C)(O)CO. The molecule has 0 heterocycles. The zero-order chi connectivity index (χ0) is 8.36. The highest BCUT2D eigenvalue weighted by molar-refractivity contribution is 4.79. The predicted molar refractivity (Wildman–Crippen MR) is 41.7 cm³/mol. The van der Waals surface area contributed by atoms with Gasteiger partial charge < -0.3 is 10.2 Å². The molecule has 0 aliphatic rings. The fourth-order valence-electron chi connectivity index (χ4n) is 0.862. The minimum atomic E-state index is -0.922. The summed E-state index contributed by atoms with van der Waals surface area (Å²) in [5.41, 5.74) is -0.922. The van der Waals surface area contributed by atoms with Crippen molar-refractivity contribution in [2.45, 2.75) is 33.3 Å². The van der Waals surface area contributed by atoms with Gasteiger partial charge in [-0.05, 0) is 18.8 Å². The lowest BCUT2D eigenvalue weighted by Crippen LogP contribution is -2.39. The van der Waals surface area contributed by atoms with Crippen LogP contribution in [0, 0.1) is 11.8 Å². The molecule has 0 radical (unpaired) electrons. The van der Waals surface area contributed by atoms with Crippen LogP contribution in [0.3, 0.4) is 0 Å². The number of rotatable bonds is 3. The summed E-state index contributed by atoms with van der Waals surface area (Å²) in [6.07, 6.45) is 0. The third-order valence-corrected chi connectivity index (χ3v) is 2.30. The summed E-state index contributed by atoms with van der Waals surface area (Å²) in [7, 11) is 0. The molecule has 0 rings (SSSR count). The molecule has 0 saturated heterocycles. The molecular formula is C8H18O2. The van der Waals surface area contributed by atoms with Crippen molar-refractivity contribution in [3.8, 4) is 0 Å². The van der Waals surface area contributed by atoms with Gasteiger partial charge in [0, 0.05) is 0 Å². The molecule has 0 fully saturated rings. The van der Waals surface area contributed by atoms with E-state index in [1.165, 1.54) is 0 Å². The van der Waals surface area contributed by atoms with E-state index in [1.807, 2.05) is 20.8 Å². The van der Waals surface area contributed by atoms with Gasteiger partial charge in [-0.1, -0.05) is 20.8 Å². The average Bonchev–Trinajstić information content (AvgIpc) is 1.86. The Labute approximate surface area is 62.9 Å². The molecule has 2 nitrogen and oxygen atoms in total. The minimum Gasteiger partial charge on any atom is -0.393 e. The fourth-order valence-corrected chi connectivity index (χ4v) is 0.862. The van der Waals surface area contributed by atoms with Crippen LogP contribution in [0.25, 0.3) is 0 Å². The van der Waals surface area contributed by atoms with Gasteiger partial charge >= 0.3 is 0 Å². The molecule has 10 heavy (non-hydrogen) atoms. The summed E-state index contributed by atoms with van der Waals surface area (Å²) in [4.78, 5) is 0. The zero-order valence-electron chi connectivity index (χ0n) is 7.26. The second kappa shape index (κ2) is 3.35. The topological polar surface area (TPSA) is 40.5 Å². The van der Waals surface area contributed by atoms with Crippen LogP contribution in [0.2, 0.25) is 0 Å². The van der Waals surface area contributed by atoms with Crippen molar-refractivity contribution in [3.63, 3.8) is 0 Å². The Bertz CT molecular complexity index is 97.4. The number of hydrogen-bond acceptors (Lipinski definition) is 2. The molecular weight excluding hydrogens is 128 g/mol. The Morgan fingerprint density at radius 2 is 1.70 bits per heavy atom. The number of aliphatic hydroxyl groups is 2. The van der Waals surface area contributed by atoms with Crippen molar-refractivity contribution >= 4 is 0 Å². The maximum atomic E-state index is 9.51. The third kappa shape index (κ3) is 2.27. The Morgan fingerprint density at radius 1 is 1.30 bits per heavy atom. The molecule has 0 amide bonds. The lowest BCUT2D eigenvalue weighted by Gasteiger charge is -2.30. The molecule has 62 valence electrons. The van der Waals surface area contributed by atoms with Crippen molar-refractivity contribution < 1.29 is 10.2 Å². The monoisotopic (exact) mass is 146 g/mol. The molecule has 0 aromatic rings. The second-order valence-electron chi connectivity index (χ2n) is 3.55. The first-order chi connectivity index (χ1) is 4.41. The molecule has 2 atom stereocenters. The van der Waals surface area contributed by atoms with E-state index in [1.54, 1.807) is 6.92 Å². The highest BCUT2D eigenvalue weighted by atomic mass is 16.3. The van der Waals surface area contributed by atoms with Crippen LogP contribution in [0.5, 0.6) is 0 Å². The normalized spacial score (nSPS) is 20.7. The summed E-state index contributed by atoms with van der Waals surface area (Å²) in [5, 5.41) is 18.3. The summed E-state index contributed by atoms with van der Waals surface area (Å²) < 4.78 is 0. The van der Waals surface area contributed by atoms with E-state index in [4.69, 9.17) is 5.11 Å². The maximum absolute atomic E-state index is 9.51. The van der Waals surface area contributed by atoms with Gasteiger partial charge in [0.15, 0.2) is 0 Å². The summed E-state index contributed by atoms with van der Waals surface area (Å²) in [6, 6.07) is 0.